The second-order valence-electron chi connectivity index (χ2n) is 5.89. The number of hydrogen-bond acceptors (Lipinski definition) is 4. The third-order valence-corrected chi connectivity index (χ3v) is 4.78. The number of amides is 2. The molecule has 0 radical (unpaired) electrons. The zero-order valence-electron chi connectivity index (χ0n) is 14.6. The summed E-state index contributed by atoms with van der Waals surface area (Å²) in [7, 11) is -4.50. The molecule has 2 amide bonds. The second kappa shape index (κ2) is 7.50. The van der Waals surface area contributed by atoms with Gasteiger partial charge in [-0.05, 0) is 52.9 Å². The molecule has 0 spiro atoms. The number of anilines is 2. The normalized spacial score (nSPS) is 11.8. The molecule has 0 unspecified atom stereocenters. The fourth-order valence-electron chi connectivity index (χ4n) is 3.01. The molecule has 0 saturated carbocycles. The molecule has 2 aromatic carbocycles. The van der Waals surface area contributed by atoms with Crippen molar-refractivity contribution in [3.05, 3.63) is 41.5 Å². The van der Waals surface area contributed by atoms with Crippen molar-refractivity contribution in [1.82, 2.24) is 0 Å². The van der Waals surface area contributed by atoms with E-state index in [9.17, 15) is 22.6 Å². The number of rotatable bonds is 3. The van der Waals surface area contributed by atoms with Crippen LogP contribution in [0.15, 0.2) is 35.2 Å². The molecule has 0 saturated heterocycles. The van der Waals surface area contributed by atoms with Gasteiger partial charge in [-0.15, -0.1) is 0 Å². The zero-order valence-corrected chi connectivity index (χ0v) is 17.4. The van der Waals surface area contributed by atoms with Crippen LogP contribution in [-0.4, -0.2) is 24.8 Å². The number of carbonyl (C=O) groups excluding carboxylic acids is 2. The maximum atomic E-state index is 11.7. The number of fused-ring (bicyclic) bond motifs is 3. The van der Waals surface area contributed by atoms with E-state index in [1.54, 1.807) is 18.2 Å². The third-order valence-electron chi connectivity index (χ3n) is 3.89. The minimum Gasteiger partial charge on any atom is -0.326 e. The monoisotopic (exact) mass is 383 g/mol. The van der Waals surface area contributed by atoms with Gasteiger partial charge in [0.05, 0.1) is 5.69 Å². The smallest absolute Gasteiger partial charge is 0.326 e. The van der Waals surface area contributed by atoms with E-state index in [0.717, 1.165) is 16.7 Å². The molecule has 0 heterocycles. The predicted octanol–water partition coefficient (Wildman–Crippen LogP) is -0.575. The van der Waals surface area contributed by atoms with Gasteiger partial charge in [-0.3, -0.25) is 14.1 Å². The summed E-state index contributed by atoms with van der Waals surface area (Å²) in [6, 6.07) is 8.25. The SMILES string of the molecule is CC(=O)Nc1ccc2c(c1)Cc1cc(NC(C)=O)c(S(=O)(=O)O)cc1-2.[Na+]. The molecule has 1 aliphatic rings. The van der Waals surface area contributed by atoms with Crippen LogP contribution in [0.1, 0.15) is 25.0 Å². The first kappa shape index (κ1) is 20.6. The van der Waals surface area contributed by atoms with E-state index in [1.165, 1.54) is 19.9 Å². The van der Waals surface area contributed by atoms with Crippen LogP contribution in [0.25, 0.3) is 11.1 Å². The summed E-state index contributed by atoms with van der Waals surface area (Å²) in [5.74, 6) is -0.620. The summed E-state index contributed by atoms with van der Waals surface area (Å²) in [6.45, 7) is 2.68. The summed E-state index contributed by atoms with van der Waals surface area (Å²) in [6.07, 6.45) is 0.524. The molecule has 0 aliphatic heterocycles. The zero-order chi connectivity index (χ0) is 18.4. The van der Waals surface area contributed by atoms with Gasteiger partial charge in [-0.25, -0.2) is 0 Å². The third kappa shape index (κ3) is 4.16. The van der Waals surface area contributed by atoms with Gasteiger partial charge >= 0.3 is 29.6 Å². The van der Waals surface area contributed by atoms with Crippen molar-refractivity contribution in [3.8, 4) is 11.1 Å². The van der Waals surface area contributed by atoms with Crippen molar-refractivity contribution in [3.63, 3.8) is 0 Å². The van der Waals surface area contributed by atoms with E-state index in [-0.39, 0.29) is 46.0 Å². The van der Waals surface area contributed by atoms with Crippen LogP contribution < -0.4 is 40.2 Å². The van der Waals surface area contributed by atoms with Crippen LogP contribution in [-0.2, 0) is 26.1 Å². The number of nitrogens with one attached hydrogen (secondary N) is 2. The number of carbonyl (C=O) groups is 2. The fraction of sp³-hybridized carbons (Fsp3) is 0.176. The summed E-state index contributed by atoms with van der Waals surface area (Å²) in [4.78, 5) is 22.2. The first-order valence-electron chi connectivity index (χ1n) is 7.48. The molecule has 0 aromatic heterocycles. The van der Waals surface area contributed by atoms with Gasteiger partial charge in [-0.1, -0.05) is 6.07 Å². The standard InChI is InChI=1S/C17H16N2O5S.Na/c1-9(20)18-13-3-4-14-11(6-13)5-12-7-16(19-10(2)21)17(8-15(12)14)25(22,23)24;/h3-4,6-8H,5H2,1-2H3,(H,18,20)(H,19,21)(H,22,23,24);/q;+1. The molecule has 1 aliphatic carbocycles. The van der Waals surface area contributed by atoms with Gasteiger partial charge in [0, 0.05) is 19.5 Å². The Morgan fingerprint density at radius 2 is 1.58 bits per heavy atom. The maximum Gasteiger partial charge on any atom is 1.00 e. The van der Waals surface area contributed by atoms with E-state index >= 15 is 0 Å². The molecular weight excluding hydrogens is 367 g/mol. The number of hydrogen-bond donors (Lipinski definition) is 3. The van der Waals surface area contributed by atoms with Gasteiger partial charge in [0.2, 0.25) is 11.8 Å². The Bertz CT molecular complexity index is 1020. The minimum atomic E-state index is -4.50. The van der Waals surface area contributed by atoms with E-state index in [4.69, 9.17) is 0 Å². The molecule has 26 heavy (non-hydrogen) atoms. The van der Waals surface area contributed by atoms with Crippen molar-refractivity contribution in [2.75, 3.05) is 10.6 Å². The van der Waals surface area contributed by atoms with Crippen molar-refractivity contribution >= 4 is 33.3 Å². The molecular formula is C17H16N2NaO5S+. The quantitative estimate of drug-likeness (QED) is 0.414. The van der Waals surface area contributed by atoms with E-state index in [0.29, 0.717) is 17.7 Å². The van der Waals surface area contributed by atoms with Crippen molar-refractivity contribution in [2.24, 2.45) is 0 Å². The summed E-state index contributed by atoms with van der Waals surface area (Å²) in [5, 5.41) is 5.14. The van der Waals surface area contributed by atoms with Crippen LogP contribution in [0.2, 0.25) is 0 Å². The molecule has 0 fully saturated rings. The molecule has 7 nitrogen and oxygen atoms in total. The summed E-state index contributed by atoms with van der Waals surface area (Å²) >= 11 is 0. The molecule has 3 rings (SSSR count). The second-order valence-corrected chi connectivity index (χ2v) is 7.28. The van der Waals surface area contributed by atoms with Crippen LogP contribution in [0.3, 0.4) is 0 Å². The average Bonchev–Trinajstić information content (AvgIpc) is 2.80. The first-order valence-corrected chi connectivity index (χ1v) is 8.92. The molecule has 0 atom stereocenters. The summed E-state index contributed by atoms with van der Waals surface area (Å²) in [5.41, 5.74) is 3.93. The predicted molar refractivity (Wildman–Crippen MR) is 93.1 cm³/mol. The van der Waals surface area contributed by atoms with Gasteiger partial charge in [0.1, 0.15) is 4.90 Å². The number of benzene rings is 2. The van der Waals surface area contributed by atoms with Crippen molar-refractivity contribution < 1.29 is 52.1 Å². The Balaban J connectivity index is 0.00000243. The van der Waals surface area contributed by atoms with Gasteiger partial charge in [0.15, 0.2) is 0 Å². The van der Waals surface area contributed by atoms with Gasteiger partial charge < -0.3 is 10.6 Å². The fourth-order valence-corrected chi connectivity index (χ4v) is 3.67. The Morgan fingerprint density at radius 1 is 0.962 bits per heavy atom. The Kier molecular flexibility index (Phi) is 5.94. The van der Waals surface area contributed by atoms with Gasteiger partial charge in [0.25, 0.3) is 10.1 Å². The molecule has 130 valence electrons. The van der Waals surface area contributed by atoms with E-state index in [1.807, 2.05) is 6.07 Å². The first-order chi connectivity index (χ1) is 11.6. The average molecular weight is 383 g/mol. The Morgan fingerprint density at radius 3 is 2.15 bits per heavy atom. The minimum absolute atomic E-state index is 0. The molecule has 9 heteroatoms. The van der Waals surface area contributed by atoms with Crippen LogP contribution in [0, 0.1) is 0 Å². The van der Waals surface area contributed by atoms with E-state index in [2.05, 4.69) is 10.6 Å². The van der Waals surface area contributed by atoms with Crippen molar-refractivity contribution in [1.29, 1.82) is 0 Å². The largest absolute Gasteiger partial charge is 1.00 e. The topological polar surface area (TPSA) is 113 Å². The van der Waals surface area contributed by atoms with Crippen LogP contribution >= 0.6 is 0 Å². The Hall–Kier alpha value is -1.71. The van der Waals surface area contributed by atoms with Gasteiger partial charge in [-0.2, -0.15) is 8.42 Å². The van der Waals surface area contributed by atoms with Crippen LogP contribution in [0.4, 0.5) is 11.4 Å². The maximum absolute atomic E-state index is 11.7. The Labute approximate surface area is 173 Å². The molecule has 3 N–H and O–H groups in total. The molecule has 2 aromatic rings. The molecule has 0 bridgehead atoms. The summed E-state index contributed by atoms with van der Waals surface area (Å²) < 4.78 is 32.8. The van der Waals surface area contributed by atoms with Crippen molar-refractivity contribution in [2.45, 2.75) is 25.2 Å². The van der Waals surface area contributed by atoms with Crippen LogP contribution in [0.5, 0.6) is 0 Å². The van der Waals surface area contributed by atoms with E-state index < -0.39 is 16.0 Å².